The van der Waals surface area contributed by atoms with E-state index in [1.807, 2.05) is 6.92 Å². The van der Waals surface area contributed by atoms with Crippen molar-refractivity contribution >= 4 is 22.0 Å². The van der Waals surface area contributed by atoms with Gasteiger partial charge in [0.15, 0.2) is 5.75 Å². The van der Waals surface area contributed by atoms with Crippen molar-refractivity contribution in [2.24, 2.45) is 0 Å². The molecule has 1 rings (SSSR count). The highest BCUT2D eigenvalue weighted by molar-refractivity contribution is 7.88. The fraction of sp³-hybridized carbons (Fsp3) is 0.385. The fourth-order valence-electron chi connectivity index (χ4n) is 1.65. The van der Waals surface area contributed by atoms with Crippen LogP contribution in [0.1, 0.15) is 40.5 Å². The molecule has 7 nitrogen and oxygen atoms in total. The number of carboxylic acid groups (broad SMARTS) is 1. The van der Waals surface area contributed by atoms with Gasteiger partial charge in [-0.25, -0.2) is 4.79 Å². The Kier molecular flexibility index (Phi) is 6.18. The molecule has 1 aromatic carbocycles. The van der Waals surface area contributed by atoms with Gasteiger partial charge in [-0.15, -0.1) is 0 Å². The van der Waals surface area contributed by atoms with Crippen LogP contribution in [-0.4, -0.2) is 37.5 Å². The molecule has 0 aliphatic heterocycles. The number of alkyl halides is 3. The first-order valence-corrected chi connectivity index (χ1v) is 8.07. The van der Waals surface area contributed by atoms with Crippen molar-refractivity contribution in [1.82, 2.24) is 5.32 Å². The third kappa shape index (κ3) is 4.60. The van der Waals surface area contributed by atoms with Crippen LogP contribution in [0.15, 0.2) is 18.2 Å². The number of halogens is 3. The molecule has 0 saturated heterocycles. The molecule has 0 fully saturated rings. The third-order valence-electron chi connectivity index (χ3n) is 2.78. The average Bonchev–Trinajstić information content (AvgIpc) is 2.45. The summed E-state index contributed by atoms with van der Waals surface area (Å²) in [6.45, 7) is 2.08. The van der Waals surface area contributed by atoms with Gasteiger partial charge >= 0.3 is 21.6 Å². The topological polar surface area (TPSA) is 110 Å². The minimum absolute atomic E-state index is 0.223. The standard InChI is InChI=1S/C13H14F3NO6S/c1-2-3-7-17-11(18)8-5-4-6-9(10(8)12(19)20)23-24(21,22)13(14,15)16/h4-6H,2-3,7H2,1H3,(H,17,18)(H,19,20). The van der Waals surface area contributed by atoms with Crippen LogP contribution in [0.2, 0.25) is 0 Å². The molecule has 0 aliphatic rings. The molecule has 2 N–H and O–H groups in total. The van der Waals surface area contributed by atoms with Gasteiger partial charge in [0, 0.05) is 6.54 Å². The Morgan fingerprint density at radius 3 is 2.42 bits per heavy atom. The molecule has 1 amide bonds. The summed E-state index contributed by atoms with van der Waals surface area (Å²) >= 11 is 0. The maximum Gasteiger partial charge on any atom is 0.534 e. The lowest BCUT2D eigenvalue weighted by molar-refractivity contribution is -0.0500. The van der Waals surface area contributed by atoms with Gasteiger partial charge in [0.25, 0.3) is 5.91 Å². The number of benzene rings is 1. The highest BCUT2D eigenvalue weighted by Crippen LogP contribution is 2.30. The van der Waals surface area contributed by atoms with Crippen LogP contribution >= 0.6 is 0 Å². The molecule has 0 bridgehead atoms. The molecular weight excluding hydrogens is 355 g/mol. The van der Waals surface area contributed by atoms with Gasteiger partial charge in [-0.1, -0.05) is 19.4 Å². The Morgan fingerprint density at radius 1 is 1.29 bits per heavy atom. The van der Waals surface area contributed by atoms with Crippen molar-refractivity contribution in [3.8, 4) is 5.75 Å². The average molecular weight is 369 g/mol. The molecule has 24 heavy (non-hydrogen) atoms. The van der Waals surface area contributed by atoms with Crippen LogP contribution in [0.5, 0.6) is 5.75 Å². The number of carbonyl (C=O) groups is 2. The number of aromatic carboxylic acids is 1. The zero-order valence-electron chi connectivity index (χ0n) is 12.4. The number of rotatable bonds is 7. The molecule has 0 saturated carbocycles. The number of amides is 1. The second-order valence-electron chi connectivity index (χ2n) is 4.58. The molecule has 1 aromatic rings. The van der Waals surface area contributed by atoms with Gasteiger partial charge in [-0.3, -0.25) is 4.79 Å². The predicted molar refractivity (Wildman–Crippen MR) is 76.2 cm³/mol. The van der Waals surface area contributed by atoms with E-state index in [4.69, 9.17) is 5.11 Å². The molecule has 11 heteroatoms. The first kappa shape index (κ1) is 19.7. The van der Waals surface area contributed by atoms with Crippen LogP contribution in [-0.2, 0) is 10.1 Å². The quantitative estimate of drug-likeness (QED) is 0.433. The number of carbonyl (C=O) groups excluding carboxylic acids is 1. The number of hydrogen-bond acceptors (Lipinski definition) is 5. The summed E-state index contributed by atoms with van der Waals surface area (Å²) in [4.78, 5) is 23.2. The molecule has 0 aromatic heterocycles. The Morgan fingerprint density at radius 2 is 1.92 bits per heavy atom. The summed E-state index contributed by atoms with van der Waals surface area (Å²) in [7, 11) is -6.07. The lowest BCUT2D eigenvalue weighted by Crippen LogP contribution is -2.30. The van der Waals surface area contributed by atoms with E-state index in [1.165, 1.54) is 0 Å². The van der Waals surface area contributed by atoms with E-state index in [9.17, 15) is 31.2 Å². The highest BCUT2D eigenvalue weighted by atomic mass is 32.2. The third-order valence-corrected chi connectivity index (χ3v) is 3.75. The van der Waals surface area contributed by atoms with Crippen LogP contribution in [0, 0.1) is 0 Å². The van der Waals surface area contributed by atoms with Crippen molar-refractivity contribution in [1.29, 1.82) is 0 Å². The zero-order valence-corrected chi connectivity index (χ0v) is 13.2. The minimum Gasteiger partial charge on any atom is -0.478 e. The van der Waals surface area contributed by atoms with Crippen molar-refractivity contribution in [3.05, 3.63) is 29.3 Å². The van der Waals surface area contributed by atoms with E-state index < -0.39 is 44.4 Å². The molecule has 0 atom stereocenters. The van der Waals surface area contributed by atoms with Crippen molar-refractivity contribution in [3.63, 3.8) is 0 Å². The zero-order chi connectivity index (χ0) is 18.5. The predicted octanol–water partition coefficient (Wildman–Crippen LogP) is 2.14. The SMILES string of the molecule is CCCCNC(=O)c1cccc(OS(=O)(=O)C(F)(F)F)c1C(=O)O. The maximum atomic E-state index is 12.4. The lowest BCUT2D eigenvalue weighted by atomic mass is 10.1. The second-order valence-corrected chi connectivity index (χ2v) is 6.11. The highest BCUT2D eigenvalue weighted by Gasteiger charge is 2.49. The van der Waals surface area contributed by atoms with Gasteiger partial charge < -0.3 is 14.6 Å². The fourth-order valence-corrected chi connectivity index (χ4v) is 2.12. The molecule has 0 unspecified atom stereocenters. The first-order chi connectivity index (χ1) is 11.0. The number of hydrogen-bond donors (Lipinski definition) is 2. The Hall–Kier alpha value is -2.30. The van der Waals surface area contributed by atoms with Crippen LogP contribution in [0.4, 0.5) is 13.2 Å². The van der Waals surface area contributed by atoms with E-state index in [0.29, 0.717) is 6.42 Å². The Labute approximate surface area is 135 Å². The molecule has 0 aliphatic carbocycles. The number of unbranched alkanes of at least 4 members (excludes halogenated alkanes) is 1. The normalized spacial score (nSPS) is 11.8. The van der Waals surface area contributed by atoms with Gasteiger partial charge in [-0.2, -0.15) is 21.6 Å². The number of nitrogens with one attached hydrogen (secondary N) is 1. The van der Waals surface area contributed by atoms with Crippen LogP contribution in [0.25, 0.3) is 0 Å². The smallest absolute Gasteiger partial charge is 0.478 e. The summed E-state index contributed by atoms with van der Waals surface area (Å²) in [6, 6.07) is 2.77. The van der Waals surface area contributed by atoms with E-state index in [-0.39, 0.29) is 6.54 Å². The summed E-state index contributed by atoms with van der Waals surface area (Å²) in [5.41, 5.74) is -7.21. The van der Waals surface area contributed by atoms with E-state index >= 15 is 0 Å². The molecule has 0 heterocycles. The molecule has 0 spiro atoms. The molecular formula is C13H14F3NO6S. The van der Waals surface area contributed by atoms with Gasteiger partial charge in [0.05, 0.1) is 5.56 Å². The summed E-state index contributed by atoms with van der Waals surface area (Å²) < 4.78 is 63.1. The molecule has 134 valence electrons. The first-order valence-electron chi connectivity index (χ1n) is 6.66. The van der Waals surface area contributed by atoms with Gasteiger partial charge in [0.1, 0.15) is 5.56 Å². The van der Waals surface area contributed by atoms with E-state index in [2.05, 4.69) is 9.50 Å². The second kappa shape index (κ2) is 7.51. The lowest BCUT2D eigenvalue weighted by Gasteiger charge is -2.13. The monoisotopic (exact) mass is 369 g/mol. The van der Waals surface area contributed by atoms with Crippen molar-refractivity contribution in [2.45, 2.75) is 25.3 Å². The summed E-state index contributed by atoms with van der Waals surface area (Å²) in [5, 5.41) is 11.5. The van der Waals surface area contributed by atoms with Crippen molar-refractivity contribution < 1.29 is 40.5 Å². The largest absolute Gasteiger partial charge is 0.534 e. The van der Waals surface area contributed by atoms with Crippen molar-refractivity contribution in [2.75, 3.05) is 6.54 Å². The van der Waals surface area contributed by atoms with Crippen LogP contribution in [0.3, 0.4) is 0 Å². The minimum atomic E-state index is -6.07. The van der Waals surface area contributed by atoms with E-state index in [0.717, 1.165) is 24.6 Å². The maximum absolute atomic E-state index is 12.4. The van der Waals surface area contributed by atoms with Gasteiger partial charge in [0.2, 0.25) is 0 Å². The Balaban J connectivity index is 3.27. The summed E-state index contributed by atoms with van der Waals surface area (Å²) in [5.74, 6) is -3.76. The van der Waals surface area contributed by atoms with E-state index in [1.54, 1.807) is 0 Å². The molecule has 0 radical (unpaired) electrons. The number of carboxylic acids is 1. The summed E-state index contributed by atoms with van der Waals surface area (Å²) in [6.07, 6.45) is 1.35. The van der Waals surface area contributed by atoms with Gasteiger partial charge in [-0.05, 0) is 18.6 Å². The Bertz CT molecular complexity index is 730. The van der Waals surface area contributed by atoms with Crippen LogP contribution < -0.4 is 9.50 Å².